The predicted molar refractivity (Wildman–Crippen MR) is 98.1 cm³/mol. The van der Waals surface area contributed by atoms with E-state index in [1.54, 1.807) is 16.4 Å². The van der Waals surface area contributed by atoms with Crippen molar-refractivity contribution in [1.29, 1.82) is 0 Å². The number of hydrogen-bond donors (Lipinski definition) is 0. The third-order valence-electron chi connectivity index (χ3n) is 3.87. The molecule has 0 saturated heterocycles. The molecule has 0 spiro atoms. The van der Waals surface area contributed by atoms with Crippen LogP contribution in [0.2, 0.25) is 0 Å². The van der Waals surface area contributed by atoms with Gasteiger partial charge in [0.15, 0.2) is 0 Å². The molecule has 0 aliphatic heterocycles. The van der Waals surface area contributed by atoms with Crippen molar-refractivity contribution in [2.75, 3.05) is 0 Å². The van der Waals surface area contributed by atoms with E-state index in [9.17, 15) is 4.79 Å². The van der Waals surface area contributed by atoms with Gasteiger partial charge in [0.25, 0.3) is 0 Å². The molecule has 0 aliphatic rings. The molecule has 0 radical (unpaired) electrons. The van der Waals surface area contributed by atoms with Crippen molar-refractivity contribution in [3.05, 3.63) is 82.5 Å². The topological polar surface area (TPSA) is 60.9 Å². The van der Waals surface area contributed by atoms with Crippen molar-refractivity contribution in [3.63, 3.8) is 0 Å². The standard InChI is InChI=1S/C19H15N3O2S/c1-13-9-19(23)24-18-10-15(7-8-17(13)18)22-11-14(20-21-22)12-25-16-5-3-2-4-6-16/h2-11H,12H2,1H3. The van der Waals surface area contributed by atoms with E-state index in [-0.39, 0.29) is 5.63 Å². The number of thioether (sulfide) groups is 1. The average Bonchev–Trinajstić information content (AvgIpc) is 3.09. The number of rotatable bonds is 4. The Bertz CT molecular complexity index is 1090. The Hall–Kier alpha value is -2.86. The molecule has 0 atom stereocenters. The predicted octanol–water partition coefficient (Wildman–Crippen LogP) is 3.97. The van der Waals surface area contributed by atoms with Crippen molar-refractivity contribution < 1.29 is 4.42 Å². The molecule has 5 nitrogen and oxygen atoms in total. The molecule has 0 saturated carbocycles. The van der Waals surface area contributed by atoms with Gasteiger partial charge in [-0.1, -0.05) is 23.4 Å². The van der Waals surface area contributed by atoms with Gasteiger partial charge in [-0.25, -0.2) is 9.48 Å². The van der Waals surface area contributed by atoms with Gasteiger partial charge in [0, 0.05) is 28.2 Å². The van der Waals surface area contributed by atoms with Gasteiger partial charge < -0.3 is 4.42 Å². The third-order valence-corrected chi connectivity index (χ3v) is 4.92. The van der Waals surface area contributed by atoms with Crippen LogP contribution < -0.4 is 5.63 Å². The minimum atomic E-state index is -0.347. The average molecular weight is 349 g/mol. The second kappa shape index (κ2) is 6.57. The first-order valence-corrected chi connectivity index (χ1v) is 8.81. The first-order chi connectivity index (χ1) is 12.2. The Balaban J connectivity index is 1.59. The Labute approximate surface area is 148 Å². The van der Waals surface area contributed by atoms with Gasteiger partial charge in [0.2, 0.25) is 0 Å². The Kier molecular flexibility index (Phi) is 4.11. The van der Waals surface area contributed by atoms with Gasteiger partial charge in [-0.15, -0.1) is 16.9 Å². The largest absolute Gasteiger partial charge is 0.423 e. The van der Waals surface area contributed by atoms with Gasteiger partial charge in [-0.2, -0.15) is 0 Å². The van der Waals surface area contributed by atoms with Crippen LogP contribution in [0.1, 0.15) is 11.3 Å². The monoisotopic (exact) mass is 349 g/mol. The fourth-order valence-corrected chi connectivity index (χ4v) is 3.42. The van der Waals surface area contributed by atoms with Crippen LogP contribution in [0.25, 0.3) is 16.7 Å². The zero-order valence-corrected chi connectivity index (χ0v) is 14.4. The lowest BCUT2D eigenvalue weighted by Gasteiger charge is -2.03. The van der Waals surface area contributed by atoms with Crippen molar-refractivity contribution >= 4 is 22.7 Å². The second-order valence-corrected chi connectivity index (χ2v) is 6.73. The molecule has 0 unspecified atom stereocenters. The van der Waals surface area contributed by atoms with E-state index in [2.05, 4.69) is 22.4 Å². The lowest BCUT2D eigenvalue weighted by atomic mass is 10.1. The molecule has 0 bridgehead atoms. The molecule has 25 heavy (non-hydrogen) atoms. The fraction of sp³-hybridized carbons (Fsp3) is 0.105. The van der Waals surface area contributed by atoms with Crippen molar-refractivity contribution in [3.8, 4) is 5.69 Å². The van der Waals surface area contributed by atoms with Crippen LogP contribution in [-0.2, 0) is 5.75 Å². The Morgan fingerprint density at radius 3 is 2.80 bits per heavy atom. The highest BCUT2D eigenvalue weighted by molar-refractivity contribution is 7.98. The number of aryl methyl sites for hydroxylation is 1. The fourth-order valence-electron chi connectivity index (χ4n) is 2.62. The molecular weight excluding hydrogens is 334 g/mol. The molecule has 2 heterocycles. The number of hydrogen-bond acceptors (Lipinski definition) is 5. The quantitative estimate of drug-likeness (QED) is 0.412. The normalized spacial score (nSPS) is 11.1. The number of aromatic nitrogens is 3. The first kappa shape index (κ1) is 15.7. The van der Waals surface area contributed by atoms with E-state index in [0.717, 1.165) is 28.1 Å². The molecule has 4 aromatic rings. The highest BCUT2D eigenvalue weighted by atomic mass is 32.2. The molecular formula is C19H15N3O2S. The maximum atomic E-state index is 11.6. The maximum Gasteiger partial charge on any atom is 0.336 e. The van der Waals surface area contributed by atoms with E-state index >= 15 is 0 Å². The van der Waals surface area contributed by atoms with Crippen LogP contribution in [0.5, 0.6) is 0 Å². The summed E-state index contributed by atoms with van der Waals surface area (Å²) in [4.78, 5) is 12.8. The third kappa shape index (κ3) is 3.34. The summed E-state index contributed by atoms with van der Waals surface area (Å²) in [6.45, 7) is 1.90. The smallest absolute Gasteiger partial charge is 0.336 e. The highest BCUT2D eigenvalue weighted by Crippen LogP contribution is 2.23. The van der Waals surface area contributed by atoms with Crippen LogP contribution in [0, 0.1) is 6.92 Å². The van der Waals surface area contributed by atoms with Gasteiger partial charge in [-0.3, -0.25) is 0 Å². The molecule has 0 fully saturated rings. The summed E-state index contributed by atoms with van der Waals surface area (Å²) in [7, 11) is 0. The van der Waals surface area contributed by atoms with E-state index < -0.39 is 0 Å². The van der Waals surface area contributed by atoms with Crippen LogP contribution in [-0.4, -0.2) is 15.0 Å². The molecule has 0 aliphatic carbocycles. The first-order valence-electron chi connectivity index (χ1n) is 7.83. The summed E-state index contributed by atoms with van der Waals surface area (Å²) < 4.78 is 6.99. The molecule has 0 N–H and O–H groups in total. The van der Waals surface area contributed by atoms with Gasteiger partial charge in [0.05, 0.1) is 17.6 Å². The molecule has 2 aromatic carbocycles. The van der Waals surface area contributed by atoms with Crippen LogP contribution in [0.15, 0.2) is 74.9 Å². The summed E-state index contributed by atoms with van der Waals surface area (Å²) >= 11 is 1.71. The zero-order valence-electron chi connectivity index (χ0n) is 13.5. The molecule has 2 aromatic heterocycles. The Morgan fingerprint density at radius 1 is 1.12 bits per heavy atom. The van der Waals surface area contributed by atoms with Crippen molar-refractivity contribution in [2.45, 2.75) is 17.6 Å². The van der Waals surface area contributed by atoms with E-state index in [4.69, 9.17) is 4.42 Å². The summed E-state index contributed by atoms with van der Waals surface area (Å²) in [6.07, 6.45) is 1.89. The molecule has 6 heteroatoms. The van der Waals surface area contributed by atoms with E-state index in [1.807, 2.05) is 49.5 Å². The van der Waals surface area contributed by atoms with E-state index in [0.29, 0.717) is 5.58 Å². The Morgan fingerprint density at radius 2 is 1.96 bits per heavy atom. The second-order valence-electron chi connectivity index (χ2n) is 5.69. The van der Waals surface area contributed by atoms with Crippen molar-refractivity contribution in [1.82, 2.24) is 15.0 Å². The van der Waals surface area contributed by atoms with Crippen LogP contribution in [0.3, 0.4) is 0 Å². The lowest BCUT2D eigenvalue weighted by molar-refractivity contribution is 0.559. The molecule has 124 valence electrons. The van der Waals surface area contributed by atoms with Gasteiger partial charge >= 0.3 is 5.63 Å². The van der Waals surface area contributed by atoms with Gasteiger partial charge in [-0.05, 0) is 36.8 Å². The highest BCUT2D eigenvalue weighted by Gasteiger charge is 2.07. The van der Waals surface area contributed by atoms with Crippen molar-refractivity contribution in [2.24, 2.45) is 0 Å². The summed E-state index contributed by atoms with van der Waals surface area (Å²) in [5.41, 5.74) is 2.81. The molecule has 4 rings (SSSR count). The number of benzene rings is 2. The maximum absolute atomic E-state index is 11.6. The summed E-state index contributed by atoms with van der Waals surface area (Å²) in [5.74, 6) is 0.742. The number of fused-ring (bicyclic) bond motifs is 1. The van der Waals surface area contributed by atoms with E-state index in [1.165, 1.54) is 11.0 Å². The summed E-state index contributed by atoms with van der Waals surface area (Å²) in [5, 5.41) is 9.33. The SMILES string of the molecule is Cc1cc(=O)oc2cc(-n3cc(CSc4ccccc4)nn3)ccc12. The number of nitrogens with zero attached hydrogens (tertiary/aromatic N) is 3. The van der Waals surface area contributed by atoms with Gasteiger partial charge in [0.1, 0.15) is 5.58 Å². The summed E-state index contributed by atoms with van der Waals surface area (Å²) in [6, 6.07) is 17.4. The lowest BCUT2D eigenvalue weighted by Crippen LogP contribution is -1.99. The van der Waals surface area contributed by atoms with Crippen LogP contribution >= 0.6 is 11.8 Å². The zero-order chi connectivity index (χ0) is 17.2. The molecule has 0 amide bonds. The minimum absolute atomic E-state index is 0.347. The van der Waals surface area contributed by atoms with Crippen LogP contribution in [0.4, 0.5) is 0 Å². The minimum Gasteiger partial charge on any atom is -0.423 e.